The summed E-state index contributed by atoms with van der Waals surface area (Å²) in [6.07, 6.45) is 0. The third-order valence-corrected chi connectivity index (χ3v) is 5.08. The number of amides is 1. The van der Waals surface area contributed by atoms with Gasteiger partial charge in [0.25, 0.3) is 15.9 Å². The molecule has 24 heavy (non-hydrogen) atoms. The Labute approximate surface area is 149 Å². The molecule has 2 aromatic rings. The number of hydrogen-bond acceptors (Lipinski definition) is 4. The quantitative estimate of drug-likeness (QED) is 0.678. The average molecular weight is 413 g/mol. The number of aliphatic hydroxyl groups excluding tert-OH is 1. The lowest BCUT2D eigenvalue weighted by molar-refractivity contribution is 0.0922. The number of carbonyl (C=O) groups excluding carboxylic acids is 1. The van der Waals surface area contributed by atoms with E-state index in [0.717, 1.165) is 4.47 Å². The van der Waals surface area contributed by atoms with Crippen molar-refractivity contribution in [2.45, 2.75) is 17.9 Å². The van der Waals surface area contributed by atoms with Crippen molar-refractivity contribution in [3.8, 4) is 0 Å². The Hall–Kier alpha value is -1.90. The van der Waals surface area contributed by atoms with E-state index >= 15 is 0 Å². The molecule has 1 unspecified atom stereocenters. The zero-order chi connectivity index (χ0) is 17.7. The molecular formula is C16H17BrN2O4S. The monoisotopic (exact) mass is 412 g/mol. The van der Waals surface area contributed by atoms with Gasteiger partial charge in [-0.15, -0.1) is 0 Å². The van der Waals surface area contributed by atoms with Gasteiger partial charge in [0, 0.05) is 21.8 Å². The van der Waals surface area contributed by atoms with Crippen molar-refractivity contribution in [1.82, 2.24) is 5.32 Å². The molecule has 0 aliphatic carbocycles. The molecule has 2 rings (SSSR count). The molecule has 0 aliphatic rings. The number of carbonyl (C=O) groups is 1. The molecule has 0 saturated carbocycles. The molecule has 0 heterocycles. The molecule has 0 bridgehead atoms. The first-order valence-corrected chi connectivity index (χ1v) is 9.39. The Morgan fingerprint density at radius 2 is 1.88 bits per heavy atom. The standard InChI is InChI=1S/C16H17BrN2O4S/c1-11(10-20)18-16(21)12-3-2-4-14(9-12)19-24(22,23)15-7-5-13(17)6-8-15/h2-9,11,19-20H,10H2,1H3,(H,18,21). The fourth-order valence-corrected chi connectivity index (χ4v) is 3.22. The summed E-state index contributed by atoms with van der Waals surface area (Å²) in [6.45, 7) is 1.49. The number of anilines is 1. The van der Waals surface area contributed by atoms with Gasteiger partial charge in [-0.3, -0.25) is 9.52 Å². The Balaban J connectivity index is 2.19. The minimum atomic E-state index is -3.74. The topological polar surface area (TPSA) is 95.5 Å². The van der Waals surface area contributed by atoms with E-state index in [2.05, 4.69) is 26.0 Å². The van der Waals surface area contributed by atoms with Crippen LogP contribution in [0.2, 0.25) is 0 Å². The van der Waals surface area contributed by atoms with E-state index in [1.165, 1.54) is 18.2 Å². The number of hydrogen-bond donors (Lipinski definition) is 3. The lowest BCUT2D eigenvalue weighted by Gasteiger charge is -2.12. The van der Waals surface area contributed by atoms with E-state index in [9.17, 15) is 13.2 Å². The van der Waals surface area contributed by atoms with Crippen LogP contribution in [0.4, 0.5) is 5.69 Å². The van der Waals surface area contributed by atoms with Gasteiger partial charge in [-0.25, -0.2) is 8.42 Å². The number of halogens is 1. The zero-order valence-electron chi connectivity index (χ0n) is 12.9. The van der Waals surface area contributed by atoms with E-state index in [1.54, 1.807) is 37.3 Å². The highest BCUT2D eigenvalue weighted by molar-refractivity contribution is 9.10. The van der Waals surface area contributed by atoms with Gasteiger partial charge in [0.15, 0.2) is 0 Å². The third-order valence-electron chi connectivity index (χ3n) is 3.15. The molecule has 128 valence electrons. The molecule has 6 nitrogen and oxygen atoms in total. The average Bonchev–Trinajstić information content (AvgIpc) is 2.55. The maximum atomic E-state index is 12.4. The highest BCUT2D eigenvalue weighted by Gasteiger charge is 2.15. The van der Waals surface area contributed by atoms with Crippen LogP contribution >= 0.6 is 15.9 Å². The predicted octanol–water partition coefficient (Wildman–Crippen LogP) is 2.36. The van der Waals surface area contributed by atoms with Gasteiger partial charge in [-0.2, -0.15) is 0 Å². The molecular weight excluding hydrogens is 396 g/mol. The van der Waals surface area contributed by atoms with Crippen LogP contribution < -0.4 is 10.0 Å². The number of nitrogens with one attached hydrogen (secondary N) is 2. The summed E-state index contributed by atoms with van der Waals surface area (Å²) in [5.74, 6) is -0.388. The molecule has 8 heteroatoms. The number of benzene rings is 2. The Bertz CT molecular complexity index is 822. The third kappa shape index (κ3) is 4.80. The molecule has 1 amide bonds. The molecule has 0 saturated heterocycles. The van der Waals surface area contributed by atoms with Gasteiger partial charge < -0.3 is 10.4 Å². The van der Waals surface area contributed by atoms with Crippen molar-refractivity contribution >= 4 is 37.5 Å². The van der Waals surface area contributed by atoms with Gasteiger partial charge in [0.1, 0.15) is 0 Å². The number of rotatable bonds is 6. The summed E-state index contributed by atoms with van der Waals surface area (Å²) in [7, 11) is -3.74. The maximum Gasteiger partial charge on any atom is 0.261 e. The minimum Gasteiger partial charge on any atom is -0.394 e. The van der Waals surface area contributed by atoms with Crippen LogP contribution in [-0.4, -0.2) is 32.1 Å². The van der Waals surface area contributed by atoms with Gasteiger partial charge >= 0.3 is 0 Å². The molecule has 0 spiro atoms. The molecule has 0 fully saturated rings. The summed E-state index contributed by atoms with van der Waals surface area (Å²) >= 11 is 3.25. The fraction of sp³-hybridized carbons (Fsp3) is 0.188. The minimum absolute atomic E-state index is 0.120. The van der Waals surface area contributed by atoms with Crippen LogP contribution in [0.5, 0.6) is 0 Å². The predicted molar refractivity (Wildman–Crippen MR) is 95.4 cm³/mol. The Morgan fingerprint density at radius 3 is 2.50 bits per heavy atom. The normalized spacial score (nSPS) is 12.5. The first-order chi connectivity index (χ1) is 11.3. The molecule has 1 atom stereocenters. The van der Waals surface area contributed by atoms with Crippen molar-refractivity contribution in [3.63, 3.8) is 0 Å². The van der Waals surface area contributed by atoms with Crippen molar-refractivity contribution in [1.29, 1.82) is 0 Å². The van der Waals surface area contributed by atoms with Crippen LogP contribution in [0.15, 0.2) is 57.9 Å². The second kappa shape index (κ2) is 7.78. The van der Waals surface area contributed by atoms with Crippen molar-refractivity contribution in [2.75, 3.05) is 11.3 Å². The fourth-order valence-electron chi connectivity index (χ4n) is 1.90. The van der Waals surface area contributed by atoms with Gasteiger partial charge in [-0.05, 0) is 49.4 Å². The van der Waals surface area contributed by atoms with Crippen LogP contribution in [0.1, 0.15) is 17.3 Å². The molecule has 0 aromatic heterocycles. The van der Waals surface area contributed by atoms with Crippen molar-refractivity contribution < 1.29 is 18.3 Å². The zero-order valence-corrected chi connectivity index (χ0v) is 15.3. The van der Waals surface area contributed by atoms with Crippen LogP contribution in [0.3, 0.4) is 0 Å². The summed E-state index contributed by atoms with van der Waals surface area (Å²) < 4.78 is 27.9. The van der Waals surface area contributed by atoms with Gasteiger partial charge in [-0.1, -0.05) is 22.0 Å². The van der Waals surface area contributed by atoms with Crippen LogP contribution in [-0.2, 0) is 10.0 Å². The highest BCUT2D eigenvalue weighted by atomic mass is 79.9. The number of sulfonamides is 1. The Kier molecular flexibility index (Phi) is 5.98. The molecule has 0 aliphatic heterocycles. The van der Waals surface area contributed by atoms with Gasteiger partial charge in [0.05, 0.1) is 11.5 Å². The lowest BCUT2D eigenvalue weighted by Crippen LogP contribution is -2.35. The first-order valence-electron chi connectivity index (χ1n) is 7.12. The molecule has 2 aromatic carbocycles. The summed E-state index contributed by atoms with van der Waals surface area (Å²) in [6, 6.07) is 12.0. The first kappa shape index (κ1) is 18.4. The largest absolute Gasteiger partial charge is 0.394 e. The van der Waals surface area contributed by atoms with E-state index in [1.807, 2.05) is 0 Å². The summed E-state index contributed by atoms with van der Waals surface area (Å²) in [4.78, 5) is 12.2. The lowest BCUT2D eigenvalue weighted by atomic mass is 10.2. The van der Waals surface area contributed by atoms with E-state index in [0.29, 0.717) is 5.56 Å². The SMILES string of the molecule is CC(CO)NC(=O)c1cccc(NS(=O)(=O)c2ccc(Br)cc2)c1. The maximum absolute atomic E-state index is 12.4. The second-order valence-electron chi connectivity index (χ2n) is 5.20. The van der Waals surface area contributed by atoms with E-state index < -0.39 is 10.0 Å². The highest BCUT2D eigenvalue weighted by Crippen LogP contribution is 2.19. The number of aliphatic hydroxyl groups is 1. The summed E-state index contributed by atoms with van der Waals surface area (Å²) in [5.41, 5.74) is 0.577. The smallest absolute Gasteiger partial charge is 0.261 e. The molecule has 3 N–H and O–H groups in total. The second-order valence-corrected chi connectivity index (χ2v) is 7.80. The van der Waals surface area contributed by atoms with Crippen LogP contribution in [0, 0.1) is 0 Å². The summed E-state index contributed by atoms with van der Waals surface area (Å²) in [5, 5.41) is 11.6. The van der Waals surface area contributed by atoms with E-state index in [4.69, 9.17) is 5.11 Å². The van der Waals surface area contributed by atoms with Crippen LogP contribution in [0.25, 0.3) is 0 Å². The van der Waals surface area contributed by atoms with Crippen molar-refractivity contribution in [2.24, 2.45) is 0 Å². The Morgan fingerprint density at radius 1 is 1.21 bits per heavy atom. The molecule has 0 radical (unpaired) electrons. The van der Waals surface area contributed by atoms with Crippen molar-refractivity contribution in [3.05, 3.63) is 58.6 Å². The van der Waals surface area contributed by atoms with Gasteiger partial charge in [0.2, 0.25) is 0 Å². The van der Waals surface area contributed by atoms with E-state index in [-0.39, 0.29) is 29.1 Å².